The fraction of sp³-hybridized carbons (Fsp3) is 0.300. The lowest BCUT2D eigenvalue weighted by Crippen LogP contribution is -2.42. The summed E-state index contributed by atoms with van der Waals surface area (Å²) in [6.45, 7) is 2.42. The van der Waals surface area contributed by atoms with Crippen molar-refractivity contribution in [2.24, 2.45) is 0 Å². The number of ketones is 1. The summed E-state index contributed by atoms with van der Waals surface area (Å²) >= 11 is 0. The first-order valence-electron chi connectivity index (χ1n) is 8.57. The molecule has 1 aliphatic rings. The van der Waals surface area contributed by atoms with Gasteiger partial charge in [-0.15, -0.1) is 0 Å². The molecule has 0 saturated heterocycles. The summed E-state index contributed by atoms with van der Waals surface area (Å²) in [7, 11) is 0. The lowest BCUT2D eigenvalue weighted by molar-refractivity contribution is -0.123. The van der Waals surface area contributed by atoms with E-state index in [0.29, 0.717) is 42.4 Å². The number of benzene rings is 2. The molecule has 2 aromatic rings. The molecule has 26 heavy (non-hydrogen) atoms. The first-order valence-corrected chi connectivity index (χ1v) is 8.57. The second kappa shape index (κ2) is 8.38. The Hall–Kier alpha value is -3.02. The molecule has 0 radical (unpaired) electrons. The van der Waals surface area contributed by atoms with Crippen LogP contribution >= 0.6 is 0 Å². The van der Waals surface area contributed by atoms with Gasteiger partial charge in [0.15, 0.2) is 23.9 Å². The van der Waals surface area contributed by atoms with Crippen LogP contribution in [-0.2, 0) is 4.79 Å². The van der Waals surface area contributed by atoms with Crippen molar-refractivity contribution in [1.29, 1.82) is 0 Å². The molecule has 2 aromatic carbocycles. The number of hydrogen-bond acceptors (Lipinski definition) is 5. The zero-order valence-corrected chi connectivity index (χ0v) is 14.6. The molecule has 0 aromatic heterocycles. The number of amides is 1. The smallest absolute Gasteiger partial charge is 0.258 e. The van der Waals surface area contributed by atoms with E-state index < -0.39 is 0 Å². The van der Waals surface area contributed by atoms with Crippen LogP contribution in [0.25, 0.3) is 0 Å². The summed E-state index contributed by atoms with van der Waals surface area (Å²) < 4.78 is 16.8. The molecular weight excluding hydrogens is 334 g/mol. The van der Waals surface area contributed by atoms with Gasteiger partial charge in [-0.2, -0.15) is 0 Å². The first kappa shape index (κ1) is 17.8. The second-order valence-electron chi connectivity index (χ2n) is 5.89. The quantitative estimate of drug-likeness (QED) is 0.773. The highest BCUT2D eigenvalue weighted by Gasteiger charge is 2.21. The second-order valence-corrected chi connectivity index (χ2v) is 5.89. The van der Waals surface area contributed by atoms with Crippen LogP contribution in [0.2, 0.25) is 0 Å². The predicted octanol–water partition coefficient (Wildman–Crippen LogP) is 2.61. The number of carbonyl (C=O) groups excluding carboxylic acids is 2. The summed E-state index contributed by atoms with van der Waals surface area (Å²) in [6.07, 6.45) is 0.216. The summed E-state index contributed by atoms with van der Waals surface area (Å²) in [5.74, 6) is 1.75. The summed E-state index contributed by atoms with van der Waals surface area (Å²) in [4.78, 5) is 23.5. The topological polar surface area (TPSA) is 73.9 Å². The van der Waals surface area contributed by atoms with Crippen LogP contribution in [0.5, 0.6) is 17.2 Å². The highest BCUT2D eigenvalue weighted by atomic mass is 16.6. The zero-order valence-electron chi connectivity index (χ0n) is 14.6. The standard InChI is InChI=1S/C20H21NO5/c1-2-17(22)14-7-9-15(10-8-14)24-13-20(23)21-11-16-12-25-18-5-3-4-6-19(18)26-16/h3-10,16H,2,11-13H2,1H3,(H,21,23). The molecule has 0 saturated carbocycles. The third-order valence-electron chi connectivity index (χ3n) is 3.96. The Morgan fingerprint density at radius 2 is 1.85 bits per heavy atom. The molecule has 6 heteroatoms. The molecule has 6 nitrogen and oxygen atoms in total. The normalized spacial score (nSPS) is 15.2. The Kier molecular flexibility index (Phi) is 5.73. The van der Waals surface area contributed by atoms with Crippen LogP contribution in [0.15, 0.2) is 48.5 Å². The van der Waals surface area contributed by atoms with Crippen molar-refractivity contribution in [3.8, 4) is 17.2 Å². The van der Waals surface area contributed by atoms with Gasteiger partial charge in [0, 0.05) is 12.0 Å². The van der Waals surface area contributed by atoms with E-state index in [2.05, 4.69) is 5.32 Å². The highest BCUT2D eigenvalue weighted by Crippen LogP contribution is 2.30. The Labute approximate surface area is 152 Å². The maximum Gasteiger partial charge on any atom is 0.258 e. The maximum atomic E-state index is 11.9. The van der Waals surface area contributed by atoms with Crippen LogP contribution in [0, 0.1) is 0 Å². The lowest BCUT2D eigenvalue weighted by Gasteiger charge is -2.26. The predicted molar refractivity (Wildman–Crippen MR) is 95.9 cm³/mol. The molecule has 1 aliphatic heterocycles. The Morgan fingerprint density at radius 1 is 1.12 bits per heavy atom. The molecule has 0 bridgehead atoms. The van der Waals surface area contributed by atoms with E-state index in [-0.39, 0.29) is 24.4 Å². The van der Waals surface area contributed by atoms with E-state index >= 15 is 0 Å². The Balaban J connectivity index is 1.41. The van der Waals surface area contributed by atoms with Gasteiger partial charge in [-0.3, -0.25) is 9.59 Å². The number of Topliss-reactive ketones (excluding diaryl/α,β-unsaturated/α-hetero) is 1. The zero-order chi connectivity index (χ0) is 18.4. The molecule has 1 atom stereocenters. The van der Waals surface area contributed by atoms with Gasteiger partial charge in [0.05, 0.1) is 6.54 Å². The molecular formula is C20H21NO5. The lowest BCUT2D eigenvalue weighted by atomic mass is 10.1. The summed E-state index contributed by atoms with van der Waals surface area (Å²) in [5.41, 5.74) is 0.638. The van der Waals surface area contributed by atoms with Crippen molar-refractivity contribution in [2.45, 2.75) is 19.4 Å². The number of fused-ring (bicyclic) bond motifs is 1. The van der Waals surface area contributed by atoms with Gasteiger partial charge in [-0.1, -0.05) is 19.1 Å². The average molecular weight is 355 g/mol. The highest BCUT2D eigenvalue weighted by molar-refractivity contribution is 5.95. The van der Waals surface area contributed by atoms with Crippen molar-refractivity contribution < 1.29 is 23.8 Å². The molecule has 1 unspecified atom stereocenters. The summed E-state index contributed by atoms with van der Waals surface area (Å²) in [5, 5.41) is 2.77. The van der Waals surface area contributed by atoms with Gasteiger partial charge in [0.2, 0.25) is 0 Å². The van der Waals surface area contributed by atoms with Gasteiger partial charge < -0.3 is 19.5 Å². The minimum absolute atomic E-state index is 0.0746. The van der Waals surface area contributed by atoms with Crippen molar-refractivity contribution in [3.63, 3.8) is 0 Å². The van der Waals surface area contributed by atoms with Crippen LogP contribution in [0.3, 0.4) is 0 Å². The van der Waals surface area contributed by atoms with E-state index in [1.165, 1.54) is 0 Å². The fourth-order valence-electron chi connectivity index (χ4n) is 2.53. The van der Waals surface area contributed by atoms with Crippen LogP contribution in [0.4, 0.5) is 0 Å². The fourth-order valence-corrected chi connectivity index (χ4v) is 2.53. The van der Waals surface area contributed by atoms with E-state index in [0.717, 1.165) is 0 Å². The SMILES string of the molecule is CCC(=O)c1ccc(OCC(=O)NCC2COc3ccccc3O2)cc1. The van der Waals surface area contributed by atoms with Crippen molar-refractivity contribution in [1.82, 2.24) is 5.32 Å². The number of para-hydroxylation sites is 2. The van der Waals surface area contributed by atoms with Gasteiger partial charge in [0.25, 0.3) is 5.91 Å². The van der Waals surface area contributed by atoms with E-state index in [4.69, 9.17) is 14.2 Å². The molecule has 0 spiro atoms. The van der Waals surface area contributed by atoms with Crippen molar-refractivity contribution >= 4 is 11.7 Å². The molecule has 0 fully saturated rings. The van der Waals surface area contributed by atoms with Gasteiger partial charge in [-0.25, -0.2) is 0 Å². The minimum atomic E-state index is -0.249. The number of carbonyl (C=O) groups is 2. The number of ether oxygens (including phenoxy) is 3. The van der Waals surface area contributed by atoms with E-state index in [9.17, 15) is 9.59 Å². The Bertz CT molecular complexity index is 772. The number of nitrogens with one attached hydrogen (secondary N) is 1. The molecule has 3 rings (SSSR count). The third-order valence-corrected chi connectivity index (χ3v) is 3.96. The first-order chi connectivity index (χ1) is 12.7. The molecule has 0 aliphatic carbocycles. The average Bonchev–Trinajstić information content (AvgIpc) is 2.70. The van der Waals surface area contributed by atoms with Crippen LogP contribution < -0.4 is 19.5 Å². The van der Waals surface area contributed by atoms with E-state index in [1.54, 1.807) is 24.3 Å². The monoisotopic (exact) mass is 355 g/mol. The van der Waals surface area contributed by atoms with Gasteiger partial charge in [0.1, 0.15) is 18.5 Å². The van der Waals surface area contributed by atoms with E-state index in [1.807, 2.05) is 31.2 Å². The molecule has 136 valence electrons. The minimum Gasteiger partial charge on any atom is -0.486 e. The van der Waals surface area contributed by atoms with Crippen LogP contribution in [0.1, 0.15) is 23.7 Å². The van der Waals surface area contributed by atoms with Gasteiger partial charge >= 0.3 is 0 Å². The van der Waals surface area contributed by atoms with Crippen molar-refractivity contribution in [3.05, 3.63) is 54.1 Å². The third kappa shape index (κ3) is 4.53. The molecule has 1 heterocycles. The number of rotatable bonds is 7. The molecule has 1 N–H and O–H groups in total. The molecule has 1 amide bonds. The van der Waals surface area contributed by atoms with Crippen molar-refractivity contribution in [2.75, 3.05) is 19.8 Å². The maximum absolute atomic E-state index is 11.9. The Morgan fingerprint density at radius 3 is 2.58 bits per heavy atom. The van der Waals surface area contributed by atoms with Gasteiger partial charge in [-0.05, 0) is 36.4 Å². The largest absolute Gasteiger partial charge is 0.486 e. The number of hydrogen-bond donors (Lipinski definition) is 1. The van der Waals surface area contributed by atoms with Crippen LogP contribution in [-0.4, -0.2) is 37.6 Å². The summed E-state index contributed by atoms with van der Waals surface area (Å²) in [6, 6.07) is 14.2.